The molecule has 0 amide bonds. The second-order valence-electron chi connectivity index (χ2n) is 9.73. The number of hydrogen-bond donors (Lipinski definition) is 1. The number of halogens is 1. The van der Waals surface area contributed by atoms with Crippen LogP contribution in [0.15, 0.2) is 42.7 Å². The Morgan fingerprint density at radius 2 is 1.83 bits per heavy atom. The van der Waals surface area contributed by atoms with Gasteiger partial charge in [0.25, 0.3) is 0 Å². The summed E-state index contributed by atoms with van der Waals surface area (Å²) in [4.78, 5) is 11.8. The average molecular weight is 470 g/mol. The van der Waals surface area contributed by atoms with Crippen LogP contribution in [0, 0.1) is 17.1 Å². The molecule has 3 aromatic rings. The molecule has 2 aliphatic carbocycles. The first-order valence-electron chi connectivity index (χ1n) is 12.4. The lowest BCUT2D eigenvalue weighted by molar-refractivity contribution is 0.00791. The fraction of sp³-hybridized carbons (Fsp3) is 0.393. The van der Waals surface area contributed by atoms with Crippen molar-refractivity contribution < 1.29 is 9.13 Å². The van der Waals surface area contributed by atoms with Crippen LogP contribution >= 0.6 is 0 Å². The van der Waals surface area contributed by atoms with Crippen LogP contribution in [-0.2, 0) is 11.2 Å². The van der Waals surface area contributed by atoms with Gasteiger partial charge in [0.1, 0.15) is 18.0 Å². The Balaban J connectivity index is 1.24. The minimum Gasteiger partial charge on any atom is -0.379 e. The second-order valence-corrected chi connectivity index (χ2v) is 9.73. The maximum absolute atomic E-state index is 14.1. The van der Waals surface area contributed by atoms with Crippen LogP contribution in [0.2, 0.25) is 0 Å². The normalized spacial score (nSPS) is 21.7. The van der Waals surface area contributed by atoms with Crippen molar-refractivity contribution in [1.29, 1.82) is 5.26 Å². The maximum Gasteiger partial charge on any atom is 0.137 e. The highest BCUT2D eigenvalue weighted by Crippen LogP contribution is 2.42. The van der Waals surface area contributed by atoms with E-state index in [1.807, 2.05) is 12.1 Å². The Kier molecular flexibility index (Phi) is 5.93. The summed E-state index contributed by atoms with van der Waals surface area (Å²) in [6, 6.07) is 13.7. The van der Waals surface area contributed by atoms with E-state index in [9.17, 15) is 9.65 Å². The molecule has 0 radical (unpaired) electrons. The smallest absolute Gasteiger partial charge is 0.137 e. The lowest BCUT2D eigenvalue weighted by atomic mass is 9.89. The summed E-state index contributed by atoms with van der Waals surface area (Å²) in [5, 5.41) is 13.0. The number of ether oxygens (including phenoxy) is 1. The van der Waals surface area contributed by atoms with Crippen molar-refractivity contribution in [2.75, 3.05) is 31.6 Å². The van der Waals surface area contributed by atoms with Crippen molar-refractivity contribution in [2.45, 2.75) is 44.2 Å². The third kappa shape index (κ3) is 4.40. The molecule has 2 aromatic carbocycles. The Bertz CT molecular complexity index is 1290. The Hall–Kier alpha value is -3.34. The molecule has 1 saturated carbocycles. The molecule has 2 heterocycles. The van der Waals surface area contributed by atoms with Crippen LogP contribution in [0.25, 0.3) is 22.3 Å². The number of fused-ring (bicyclic) bond motifs is 3. The summed E-state index contributed by atoms with van der Waals surface area (Å²) < 4.78 is 19.6. The lowest BCUT2D eigenvalue weighted by Gasteiger charge is -2.39. The summed E-state index contributed by atoms with van der Waals surface area (Å²) in [7, 11) is 0. The van der Waals surface area contributed by atoms with Gasteiger partial charge in [-0.3, -0.25) is 4.90 Å². The van der Waals surface area contributed by atoms with Gasteiger partial charge in [-0.2, -0.15) is 5.26 Å². The molecular weight excluding hydrogens is 441 g/mol. The van der Waals surface area contributed by atoms with Gasteiger partial charge < -0.3 is 10.1 Å². The number of benzene rings is 2. The monoisotopic (exact) mass is 469 g/mol. The summed E-state index contributed by atoms with van der Waals surface area (Å²) in [6.45, 7) is 3.78. The average Bonchev–Trinajstić information content (AvgIpc) is 3.28. The first-order chi connectivity index (χ1) is 17.2. The van der Waals surface area contributed by atoms with E-state index in [1.165, 1.54) is 30.5 Å². The molecule has 0 bridgehead atoms. The molecule has 1 aromatic heterocycles. The molecule has 1 aliphatic heterocycles. The van der Waals surface area contributed by atoms with Crippen molar-refractivity contribution in [3.05, 3.63) is 65.4 Å². The van der Waals surface area contributed by atoms with E-state index in [0.29, 0.717) is 23.2 Å². The predicted molar refractivity (Wildman–Crippen MR) is 132 cm³/mol. The van der Waals surface area contributed by atoms with E-state index in [4.69, 9.17) is 4.74 Å². The Morgan fingerprint density at radius 3 is 2.63 bits per heavy atom. The SMILES string of the molecule is N#Cc1cc(F)cc(-c2ccc3c(c2)-c2c(ncnc2NC2CCC(N4CCOCC4)CC2)C3)c1. The zero-order valence-electron chi connectivity index (χ0n) is 19.6. The van der Waals surface area contributed by atoms with E-state index < -0.39 is 5.82 Å². The molecule has 3 aliphatic rings. The predicted octanol–water partition coefficient (Wildman–Crippen LogP) is 4.78. The Morgan fingerprint density at radius 1 is 1.00 bits per heavy atom. The summed E-state index contributed by atoms with van der Waals surface area (Å²) in [6.07, 6.45) is 7.03. The van der Waals surface area contributed by atoms with Crippen LogP contribution in [0.1, 0.15) is 42.5 Å². The van der Waals surface area contributed by atoms with Gasteiger partial charge in [-0.05, 0) is 72.2 Å². The minimum atomic E-state index is -0.404. The molecule has 35 heavy (non-hydrogen) atoms. The highest BCUT2D eigenvalue weighted by molar-refractivity contribution is 5.87. The molecule has 1 saturated heterocycles. The van der Waals surface area contributed by atoms with Crippen molar-refractivity contribution in [2.24, 2.45) is 0 Å². The van der Waals surface area contributed by atoms with Crippen LogP contribution < -0.4 is 5.32 Å². The summed E-state index contributed by atoms with van der Waals surface area (Å²) in [5.74, 6) is 0.482. The van der Waals surface area contributed by atoms with Crippen LogP contribution in [0.5, 0.6) is 0 Å². The molecule has 6 nitrogen and oxygen atoms in total. The largest absolute Gasteiger partial charge is 0.379 e. The zero-order valence-corrected chi connectivity index (χ0v) is 19.6. The first-order valence-corrected chi connectivity index (χ1v) is 12.4. The van der Waals surface area contributed by atoms with E-state index in [2.05, 4.69) is 32.3 Å². The van der Waals surface area contributed by atoms with Crippen molar-refractivity contribution in [3.8, 4) is 28.3 Å². The van der Waals surface area contributed by atoms with E-state index in [0.717, 1.165) is 73.8 Å². The topological polar surface area (TPSA) is 74.1 Å². The third-order valence-electron chi connectivity index (χ3n) is 7.62. The number of nitriles is 1. The molecule has 0 atom stereocenters. The molecule has 2 fully saturated rings. The molecule has 0 spiro atoms. The van der Waals surface area contributed by atoms with Crippen molar-refractivity contribution >= 4 is 5.82 Å². The van der Waals surface area contributed by atoms with Crippen LogP contribution in [0.3, 0.4) is 0 Å². The highest BCUT2D eigenvalue weighted by Gasteiger charge is 2.29. The summed E-state index contributed by atoms with van der Waals surface area (Å²) in [5.41, 5.74) is 6.26. The third-order valence-corrected chi connectivity index (χ3v) is 7.62. The number of anilines is 1. The van der Waals surface area contributed by atoms with E-state index in [1.54, 1.807) is 12.4 Å². The van der Waals surface area contributed by atoms with Gasteiger partial charge in [0.15, 0.2) is 0 Å². The quantitative estimate of drug-likeness (QED) is 0.464. The Labute approximate surface area is 204 Å². The number of hydrogen-bond acceptors (Lipinski definition) is 6. The fourth-order valence-electron chi connectivity index (χ4n) is 5.81. The second kappa shape index (κ2) is 9.37. The number of rotatable bonds is 4. The van der Waals surface area contributed by atoms with Gasteiger partial charge in [0.05, 0.1) is 30.5 Å². The molecule has 178 valence electrons. The van der Waals surface area contributed by atoms with Gasteiger partial charge in [0.2, 0.25) is 0 Å². The van der Waals surface area contributed by atoms with E-state index in [-0.39, 0.29) is 0 Å². The van der Waals surface area contributed by atoms with Gasteiger partial charge in [0, 0.05) is 37.2 Å². The summed E-state index contributed by atoms with van der Waals surface area (Å²) >= 11 is 0. The van der Waals surface area contributed by atoms with Gasteiger partial charge in [-0.25, -0.2) is 14.4 Å². The number of morpholine rings is 1. The number of nitrogens with one attached hydrogen (secondary N) is 1. The van der Waals surface area contributed by atoms with Crippen molar-refractivity contribution in [3.63, 3.8) is 0 Å². The first kappa shape index (κ1) is 22.1. The molecular formula is C28H28FN5O. The molecule has 6 rings (SSSR count). The minimum absolute atomic E-state index is 0.319. The van der Waals surface area contributed by atoms with Crippen LogP contribution in [0.4, 0.5) is 10.2 Å². The molecule has 7 heteroatoms. The fourth-order valence-corrected chi connectivity index (χ4v) is 5.81. The molecule has 1 N–H and O–H groups in total. The molecule has 0 unspecified atom stereocenters. The van der Waals surface area contributed by atoms with Gasteiger partial charge in [-0.1, -0.05) is 12.1 Å². The lowest BCUT2D eigenvalue weighted by Crippen LogP contribution is -2.46. The zero-order chi connectivity index (χ0) is 23.8. The van der Waals surface area contributed by atoms with Crippen molar-refractivity contribution in [1.82, 2.24) is 14.9 Å². The maximum atomic E-state index is 14.1. The van der Waals surface area contributed by atoms with E-state index >= 15 is 0 Å². The number of nitrogens with zero attached hydrogens (tertiary/aromatic N) is 4. The standard InChI is InChI=1S/C28H28FN5O/c29-22-12-18(16-30)11-21(13-22)19-1-2-20-15-26-27(25(20)14-19)28(32-17-31-26)33-23-3-5-24(6-4-23)34-7-9-35-10-8-34/h1-2,11-14,17,23-24H,3-10,15H2,(H,31,32,33). The van der Waals surface area contributed by atoms with Gasteiger partial charge >= 0.3 is 0 Å². The highest BCUT2D eigenvalue weighted by atomic mass is 19.1. The van der Waals surface area contributed by atoms with Crippen LogP contribution in [-0.4, -0.2) is 53.3 Å². The number of aromatic nitrogens is 2. The van der Waals surface area contributed by atoms with Gasteiger partial charge in [-0.15, -0.1) is 0 Å².